The second-order valence-electron chi connectivity index (χ2n) is 4.82. The van der Waals surface area contributed by atoms with Gasteiger partial charge in [-0.05, 0) is 12.1 Å². The highest BCUT2D eigenvalue weighted by atomic mass is 16.5. The second-order valence-corrected chi connectivity index (χ2v) is 4.82. The Bertz CT molecular complexity index is 323. The Kier molecular flexibility index (Phi) is 4.36. The first kappa shape index (κ1) is 12.4. The maximum Gasteiger partial charge on any atom is 0.102 e. The molecule has 1 aromatic carbocycles. The molecule has 1 aromatic rings. The monoisotopic (exact) mass is 236 g/mol. The van der Waals surface area contributed by atoms with Gasteiger partial charge >= 0.3 is 0 Å². The molecular formula is C13H22N3O+. The fraction of sp³-hybridized carbons (Fsp3) is 0.538. The standard InChI is InChI=1S/C13H22N3O/c1-16(9-11-17-12-10-16)8-7-14-15-13-5-3-2-4-6-13/h2-6,14-15H,7-12H2,1H3/q+1. The molecule has 1 saturated heterocycles. The first-order chi connectivity index (χ1) is 8.29. The van der Waals surface area contributed by atoms with Gasteiger partial charge in [0.2, 0.25) is 0 Å². The summed E-state index contributed by atoms with van der Waals surface area (Å²) in [5.74, 6) is 0. The van der Waals surface area contributed by atoms with Gasteiger partial charge in [0.25, 0.3) is 0 Å². The van der Waals surface area contributed by atoms with Gasteiger partial charge in [-0.3, -0.25) is 0 Å². The third-order valence-corrected chi connectivity index (χ3v) is 3.33. The van der Waals surface area contributed by atoms with Gasteiger partial charge < -0.3 is 14.6 Å². The van der Waals surface area contributed by atoms with E-state index < -0.39 is 0 Å². The summed E-state index contributed by atoms with van der Waals surface area (Å²) in [6.07, 6.45) is 0. The Labute approximate surface area is 103 Å². The van der Waals surface area contributed by atoms with Crippen LogP contribution in [0.3, 0.4) is 0 Å². The van der Waals surface area contributed by atoms with E-state index in [0.29, 0.717) is 0 Å². The van der Waals surface area contributed by atoms with Crippen LogP contribution in [0.2, 0.25) is 0 Å². The van der Waals surface area contributed by atoms with Crippen molar-refractivity contribution >= 4 is 5.69 Å². The number of anilines is 1. The molecule has 0 unspecified atom stereocenters. The molecule has 0 bridgehead atoms. The summed E-state index contributed by atoms with van der Waals surface area (Å²) in [5, 5.41) is 0. The summed E-state index contributed by atoms with van der Waals surface area (Å²) in [7, 11) is 2.30. The molecule has 0 radical (unpaired) electrons. The molecule has 1 heterocycles. The maximum absolute atomic E-state index is 5.39. The molecule has 2 rings (SSSR count). The molecule has 2 N–H and O–H groups in total. The minimum atomic E-state index is 0.891. The van der Waals surface area contributed by atoms with Crippen molar-refractivity contribution in [2.75, 3.05) is 51.9 Å². The minimum absolute atomic E-state index is 0.891. The highest BCUT2D eigenvalue weighted by Crippen LogP contribution is 2.06. The molecule has 0 spiro atoms. The van der Waals surface area contributed by atoms with E-state index in [1.165, 1.54) is 0 Å². The van der Waals surface area contributed by atoms with E-state index in [1.807, 2.05) is 18.2 Å². The number of rotatable bonds is 5. The van der Waals surface area contributed by atoms with E-state index in [0.717, 1.165) is 49.6 Å². The van der Waals surface area contributed by atoms with Gasteiger partial charge in [-0.1, -0.05) is 18.2 Å². The minimum Gasteiger partial charge on any atom is -0.370 e. The lowest BCUT2D eigenvalue weighted by Crippen LogP contribution is -2.54. The molecule has 17 heavy (non-hydrogen) atoms. The Hall–Kier alpha value is -1.10. The highest BCUT2D eigenvalue weighted by molar-refractivity contribution is 5.41. The van der Waals surface area contributed by atoms with Crippen LogP contribution in [0.4, 0.5) is 5.69 Å². The average molecular weight is 236 g/mol. The van der Waals surface area contributed by atoms with Crippen LogP contribution in [-0.2, 0) is 4.74 Å². The SMILES string of the molecule is C[N+]1(CCNNc2ccccc2)CCOCC1. The Morgan fingerprint density at radius 3 is 2.59 bits per heavy atom. The van der Waals surface area contributed by atoms with Crippen molar-refractivity contribution in [1.82, 2.24) is 5.43 Å². The number of hydrogen-bond acceptors (Lipinski definition) is 3. The van der Waals surface area contributed by atoms with Crippen LogP contribution in [0.5, 0.6) is 0 Å². The van der Waals surface area contributed by atoms with Crippen LogP contribution in [0.1, 0.15) is 0 Å². The van der Waals surface area contributed by atoms with Gasteiger partial charge in [-0.2, -0.15) is 0 Å². The Morgan fingerprint density at radius 2 is 1.88 bits per heavy atom. The normalized spacial score (nSPS) is 18.9. The summed E-state index contributed by atoms with van der Waals surface area (Å²) in [4.78, 5) is 0. The number of nitrogens with one attached hydrogen (secondary N) is 2. The molecule has 4 heteroatoms. The summed E-state index contributed by atoms with van der Waals surface area (Å²) < 4.78 is 6.49. The second kappa shape index (κ2) is 6.00. The summed E-state index contributed by atoms with van der Waals surface area (Å²) >= 11 is 0. The highest BCUT2D eigenvalue weighted by Gasteiger charge is 2.24. The first-order valence-corrected chi connectivity index (χ1v) is 6.24. The van der Waals surface area contributed by atoms with Crippen LogP contribution >= 0.6 is 0 Å². The van der Waals surface area contributed by atoms with Crippen LogP contribution in [0.25, 0.3) is 0 Å². The van der Waals surface area contributed by atoms with Crippen LogP contribution in [0, 0.1) is 0 Å². The van der Waals surface area contributed by atoms with Crippen molar-refractivity contribution in [3.63, 3.8) is 0 Å². The van der Waals surface area contributed by atoms with E-state index in [9.17, 15) is 0 Å². The molecular weight excluding hydrogens is 214 g/mol. The van der Waals surface area contributed by atoms with Crippen LogP contribution < -0.4 is 10.9 Å². The number of para-hydroxylation sites is 1. The molecule has 0 atom stereocenters. The number of ether oxygens (including phenoxy) is 1. The van der Waals surface area contributed by atoms with Crippen molar-refractivity contribution in [2.24, 2.45) is 0 Å². The van der Waals surface area contributed by atoms with Crippen LogP contribution in [0.15, 0.2) is 30.3 Å². The van der Waals surface area contributed by atoms with Crippen LogP contribution in [-0.4, -0.2) is 50.9 Å². The van der Waals surface area contributed by atoms with Crippen molar-refractivity contribution in [1.29, 1.82) is 0 Å². The first-order valence-electron chi connectivity index (χ1n) is 6.24. The van der Waals surface area contributed by atoms with Crippen molar-refractivity contribution in [3.8, 4) is 0 Å². The quantitative estimate of drug-likeness (QED) is 0.456. The number of hydrogen-bond donors (Lipinski definition) is 2. The fourth-order valence-electron chi connectivity index (χ4n) is 2.02. The van der Waals surface area contributed by atoms with Gasteiger partial charge in [-0.25, -0.2) is 5.43 Å². The topological polar surface area (TPSA) is 33.3 Å². The third kappa shape index (κ3) is 4.00. The van der Waals surface area contributed by atoms with Crippen molar-refractivity contribution in [3.05, 3.63) is 30.3 Å². The smallest absolute Gasteiger partial charge is 0.102 e. The summed E-state index contributed by atoms with van der Waals surface area (Å²) in [6, 6.07) is 10.2. The Balaban J connectivity index is 1.66. The molecule has 4 nitrogen and oxygen atoms in total. The predicted molar refractivity (Wildman–Crippen MR) is 69.7 cm³/mol. The van der Waals surface area contributed by atoms with E-state index in [-0.39, 0.29) is 0 Å². The maximum atomic E-state index is 5.39. The lowest BCUT2D eigenvalue weighted by Gasteiger charge is -2.37. The van der Waals surface area contributed by atoms with E-state index in [1.54, 1.807) is 0 Å². The lowest BCUT2D eigenvalue weighted by atomic mass is 10.3. The number of benzene rings is 1. The van der Waals surface area contributed by atoms with Crippen molar-refractivity contribution in [2.45, 2.75) is 0 Å². The molecule has 1 fully saturated rings. The zero-order valence-electron chi connectivity index (χ0n) is 10.5. The van der Waals surface area contributed by atoms with E-state index in [4.69, 9.17) is 4.74 Å². The zero-order chi connectivity index (χ0) is 12.0. The number of quaternary nitrogens is 1. The zero-order valence-corrected chi connectivity index (χ0v) is 10.5. The molecule has 0 aliphatic carbocycles. The molecule has 0 amide bonds. The largest absolute Gasteiger partial charge is 0.370 e. The molecule has 94 valence electrons. The fourth-order valence-corrected chi connectivity index (χ4v) is 2.02. The molecule has 0 saturated carbocycles. The third-order valence-electron chi connectivity index (χ3n) is 3.33. The van der Waals surface area contributed by atoms with Gasteiger partial charge in [0, 0.05) is 5.69 Å². The average Bonchev–Trinajstić information content (AvgIpc) is 2.37. The number of hydrazine groups is 1. The number of likely N-dealkylation sites (N-methyl/N-ethyl adjacent to an activating group) is 1. The molecule has 1 aliphatic heterocycles. The van der Waals surface area contributed by atoms with Gasteiger partial charge in [0.05, 0.1) is 33.4 Å². The lowest BCUT2D eigenvalue weighted by molar-refractivity contribution is -0.915. The summed E-state index contributed by atoms with van der Waals surface area (Å²) in [6.45, 7) is 6.11. The van der Waals surface area contributed by atoms with E-state index >= 15 is 0 Å². The van der Waals surface area contributed by atoms with E-state index in [2.05, 4.69) is 30.0 Å². The van der Waals surface area contributed by atoms with Gasteiger partial charge in [0.15, 0.2) is 0 Å². The number of nitrogens with zero attached hydrogens (tertiary/aromatic N) is 1. The predicted octanol–water partition coefficient (Wildman–Crippen LogP) is 1.08. The Morgan fingerprint density at radius 1 is 1.18 bits per heavy atom. The van der Waals surface area contributed by atoms with Gasteiger partial charge in [0.1, 0.15) is 13.1 Å². The van der Waals surface area contributed by atoms with Crippen molar-refractivity contribution < 1.29 is 9.22 Å². The molecule has 0 aromatic heterocycles. The molecule has 1 aliphatic rings. The summed E-state index contributed by atoms with van der Waals surface area (Å²) in [5.41, 5.74) is 7.59. The number of morpholine rings is 1. The van der Waals surface area contributed by atoms with Gasteiger partial charge in [-0.15, -0.1) is 0 Å².